The summed E-state index contributed by atoms with van der Waals surface area (Å²) in [6, 6.07) is 7.10. The Hall–Kier alpha value is -1.67. The van der Waals surface area contributed by atoms with Crippen molar-refractivity contribution >= 4 is 44.3 Å². The van der Waals surface area contributed by atoms with Crippen molar-refractivity contribution < 1.29 is 8.42 Å². The minimum Gasteiger partial charge on any atom is -0.232 e. The second-order valence-corrected chi connectivity index (χ2v) is 7.75. The fraction of sp³-hybridized carbons (Fsp3) is 0.143. The summed E-state index contributed by atoms with van der Waals surface area (Å²) in [6.07, 6.45) is 2.88. The number of benzene rings is 1. The number of para-hydroxylation sites is 1. The third kappa shape index (κ3) is 2.70. The summed E-state index contributed by atoms with van der Waals surface area (Å²) >= 11 is 12.0. The van der Waals surface area contributed by atoms with Crippen molar-refractivity contribution in [3.8, 4) is 11.3 Å². The van der Waals surface area contributed by atoms with Gasteiger partial charge in [0.25, 0.3) is 0 Å². The van der Waals surface area contributed by atoms with Gasteiger partial charge in [-0.2, -0.15) is 12.7 Å². The number of aromatic nitrogens is 3. The molecule has 1 aromatic carbocycles. The first-order valence-corrected chi connectivity index (χ1v) is 8.69. The number of halogens is 2. The summed E-state index contributed by atoms with van der Waals surface area (Å²) in [5, 5.41) is 1.03. The topological polar surface area (TPSA) is 68.1 Å². The molecule has 0 unspecified atom stereocenters. The van der Waals surface area contributed by atoms with Crippen molar-refractivity contribution in [2.75, 3.05) is 14.1 Å². The number of rotatable bonds is 3. The van der Waals surface area contributed by atoms with Crippen LogP contribution >= 0.6 is 23.2 Å². The van der Waals surface area contributed by atoms with Gasteiger partial charge < -0.3 is 0 Å². The van der Waals surface area contributed by atoms with Crippen LogP contribution in [0.15, 0.2) is 36.7 Å². The quantitative estimate of drug-likeness (QED) is 0.664. The average Bonchev–Trinajstić information content (AvgIpc) is 2.90. The van der Waals surface area contributed by atoms with Gasteiger partial charge in [0.2, 0.25) is 5.28 Å². The largest absolute Gasteiger partial charge is 0.307 e. The van der Waals surface area contributed by atoms with E-state index in [1.165, 1.54) is 30.5 Å². The fourth-order valence-corrected chi connectivity index (χ4v) is 3.56. The van der Waals surface area contributed by atoms with Crippen molar-refractivity contribution in [1.29, 1.82) is 0 Å². The van der Waals surface area contributed by atoms with E-state index in [4.69, 9.17) is 23.2 Å². The molecule has 0 amide bonds. The molecule has 0 atom stereocenters. The minimum atomic E-state index is -3.68. The molecule has 0 aliphatic rings. The van der Waals surface area contributed by atoms with Crippen LogP contribution in [0.5, 0.6) is 0 Å². The van der Waals surface area contributed by atoms with Gasteiger partial charge in [-0.05, 0) is 17.7 Å². The van der Waals surface area contributed by atoms with Crippen molar-refractivity contribution in [1.82, 2.24) is 18.2 Å². The zero-order valence-electron chi connectivity index (χ0n) is 12.2. The summed E-state index contributed by atoms with van der Waals surface area (Å²) in [6.45, 7) is 0. The smallest absolute Gasteiger partial charge is 0.232 e. The number of hydrogen-bond donors (Lipinski definition) is 0. The number of hydrogen-bond acceptors (Lipinski definition) is 4. The second-order valence-electron chi connectivity index (χ2n) is 4.98. The van der Waals surface area contributed by atoms with Gasteiger partial charge in [-0.25, -0.2) is 13.9 Å². The van der Waals surface area contributed by atoms with E-state index in [0.29, 0.717) is 27.2 Å². The van der Waals surface area contributed by atoms with Gasteiger partial charge in [0.05, 0.1) is 22.4 Å². The minimum absolute atomic E-state index is 0.0386. The highest BCUT2D eigenvalue weighted by Gasteiger charge is 2.23. The maximum Gasteiger partial charge on any atom is 0.307 e. The van der Waals surface area contributed by atoms with E-state index in [1.807, 2.05) is 6.07 Å². The molecule has 2 heterocycles. The molecule has 0 spiro atoms. The van der Waals surface area contributed by atoms with Crippen LogP contribution < -0.4 is 0 Å². The van der Waals surface area contributed by atoms with Gasteiger partial charge in [0.15, 0.2) is 0 Å². The molecule has 9 heteroatoms. The molecule has 2 aromatic heterocycles. The van der Waals surface area contributed by atoms with Gasteiger partial charge in [0.1, 0.15) is 0 Å². The Morgan fingerprint density at radius 1 is 1.17 bits per heavy atom. The summed E-state index contributed by atoms with van der Waals surface area (Å²) in [5.74, 6) is 0. The molecule has 23 heavy (non-hydrogen) atoms. The Morgan fingerprint density at radius 3 is 2.57 bits per heavy atom. The van der Waals surface area contributed by atoms with Crippen LogP contribution in [0, 0.1) is 0 Å². The van der Waals surface area contributed by atoms with Gasteiger partial charge in [0, 0.05) is 31.2 Å². The van der Waals surface area contributed by atoms with Gasteiger partial charge in [-0.3, -0.25) is 0 Å². The van der Waals surface area contributed by atoms with E-state index in [9.17, 15) is 8.42 Å². The molecular weight excluding hydrogens is 359 g/mol. The van der Waals surface area contributed by atoms with Gasteiger partial charge in [-0.15, -0.1) is 0 Å². The Labute approximate surface area is 143 Å². The zero-order chi connectivity index (χ0) is 16.8. The Bertz CT molecular complexity index is 999. The van der Waals surface area contributed by atoms with E-state index in [-0.39, 0.29) is 5.28 Å². The van der Waals surface area contributed by atoms with Gasteiger partial charge >= 0.3 is 10.2 Å². The first-order valence-electron chi connectivity index (χ1n) is 6.54. The number of fused-ring (bicyclic) bond motifs is 1. The van der Waals surface area contributed by atoms with E-state index in [2.05, 4.69) is 9.97 Å². The third-order valence-corrected chi connectivity index (χ3v) is 5.54. The normalized spacial score (nSPS) is 12.2. The van der Waals surface area contributed by atoms with Crippen molar-refractivity contribution in [2.24, 2.45) is 0 Å². The molecule has 0 bridgehead atoms. The molecule has 0 radical (unpaired) electrons. The maximum absolute atomic E-state index is 12.5. The molecule has 0 saturated heterocycles. The summed E-state index contributed by atoms with van der Waals surface area (Å²) in [7, 11) is -0.742. The molecule has 0 saturated carbocycles. The predicted octanol–water partition coefficient (Wildman–Crippen LogP) is 3.06. The Kier molecular flexibility index (Phi) is 4.05. The first-order chi connectivity index (χ1) is 10.8. The zero-order valence-corrected chi connectivity index (χ0v) is 14.6. The molecule has 6 nitrogen and oxygen atoms in total. The van der Waals surface area contributed by atoms with Crippen LogP contribution in [0.25, 0.3) is 22.2 Å². The van der Waals surface area contributed by atoms with Crippen LogP contribution in [0.4, 0.5) is 0 Å². The monoisotopic (exact) mass is 370 g/mol. The van der Waals surface area contributed by atoms with E-state index < -0.39 is 10.2 Å². The Balaban J connectivity index is 2.38. The van der Waals surface area contributed by atoms with Crippen LogP contribution in [0.3, 0.4) is 0 Å². The summed E-state index contributed by atoms with van der Waals surface area (Å²) in [4.78, 5) is 7.95. The highest BCUT2D eigenvalue weighted by molar-refractivity contribution is 7.87. The standard InChI is InChI=1S/C14H12Cl2N4O2S/c1-19(2)23(21,22)20-8-10(9-5-3-4-6-12(9)20)13-11(15)7-17-14(16)18-13/h3-8H,1-2H3. The van der Waals surface area contributed by atoms with Gasteiger partial charge in [-0.1, -0.05) is 29.8 Å². The Morgan fingerprint density at radius 2 is 1.87 bits per heavy atom. The van der Waals surface area contributed by atoms with E-state index >= 15 is 0 Å². The lowest BCUT2D eigenvalue weighted by Gasteiger charge is -2.13. The molecule has 120 valence electrons. The van der Waals surface area contributed by atoms with Crippen molar-refractivity contribution in [2.45, 2.75) is 0 Å². The lowest BCUT2D eigenvalue weighted by Crippen LogP contribution is -2.28. The number of nitrogens with zero attached hydrogens (tertiary/aromatic N) is 4. The average molecular weight is 371 g/mol. The van der Waals surface area contributed by atoms with Crippen LogP contribution in [-0.2, 0) is 10.2 Å². The molecule has 0 aliphatic heterocycles. The van der Waals surface area contributed by atoms with E-state index in [1.54, 1.807) is 18.2 Å². The second kappa shape index (κ2) is 5.76. The maximum atomic E-state index is 12.5. The lowest BCUT2D eigenvalue weighted by molar-refractivity contribution is 0.512. The predicted molar refractivity (Wildman–Crippen MR) is 91.0 cm³/mol. The first kappa shape index (κ1) is 16.2. The van der Waals surface area contributed by atoms with Crippen LogP contribution in [0.2, 0.25) is 10.3 Å². The molecule has 0 N–H and O–H groups in total. The van der Waals surface area contributed by atoms with E-state index in [0.717, 1.165) is 4.31 Å². The molecular formula is C14H12Cl2N4O2S. The lowest BCUT2D eigenvalue weighted by atomic mass is 10.1. The third-order valence-electron chi connectivity index (χ3n) is 3.36. The molecule has 0 fully saturated rings. The summed E-state index contributed by atoms with van der Waals surface area (Å²) in [5.41, 5.74) is 1.48. The molecule has 3 rings (SSSR count). The van der Waals surface area contributed by atoms with Crippen LogP contribution in [0.1, 0.15) is 0 Å². The SMILES string of the molecule is CN(C)S(=O)(=O)n1cc(-c2nc(Cl)ncc2Cl)c2ccccc21. The fourth-order valence-electron chi connectivity index (χ4n) is 2.24. The molecule has 0 aliphatic carbocycles. The summed E-state index contributed by atoms with van der Waals surface area (Å²) < 4.78 is 27.4. The van der Waals surface area contributed by atoms with Crippen LogP contribution in [-0.4, -0.2) is 40.8 Å². The van der Waals surface area contributed by atoms with Crippen molar-refractivity contribution in [3.63, 3.8) is 0 Å². The highest BCUT2D eigenvalue weighted by Crippen LogP contribution is 2.34. The van der Waals surface area contributed by atoms with Crippen molar-refractivity contribution in [3.05, 3.63) is 47.0 Å². The molecule has 3 aromatic rings. The highest BCUT2D eigenvalue weighted by atomic mass is 35.5.